The van der Waals surface area contributed by atoms with Crippen LogP contribution in [0.4, 0.5) is 0 Å². The van der Waals surface area contributed by atoms with Crippen molar-refractivity contribution < 1.29 is 8.42 Å². The summed E-state index contributed by atoms with van der Waals surface area (Å²) in [6, 6.07) is 13.6. The first-order chi connectivity index (χ1) is 13.9. The van der Waals surface area contributed by atoms with Crippen LogP contribution in [0.3, 0.4) is 0 Å². The highest BCUT2D eigenvalue weighted by molar-refractivity contribution is 7.89. The second-order valence-corrected chi connectivity index (χ2v) is 9.43. The van der Waals surface area contributed by atoms with Crippen LogP contribution in [0.5, 0.6) is 0 Å². The van der Waals surface area contributed by atoms with E-state index in [-0.39, 0.29) is 4.90 Å². The number of hydrogen-bond donors (Lipinski definition) is 0. The topological polar surface area (TPSA) is 84.2 Å². The molecule has 1 aliphatic rings. The Labute approximate surface area is 178 Å². The highest BCUT2D eigenvalue weighted by atomic mass is 35.5. The summed E-state index contributed by atoms with van der Waals surface area (Å²) in [4.78, 5) is 2.34. The zero-order valence-electron chi connectivity index (χ0n) is 15.3. The Morgan fingerprint density at radius 3 is 2.34 bits per heavy atom. The number of sulfonamides is 1. The molecule has 0 bridgehead atoms. The zero-order valence-corrected chi connectivity index (χ0v) is 17.6. The monoisotopic (exact) mass is 452 g/mol. The molecule has 0 unspecified atom stereocenters. The summed E-state index contributed by atoms with van der Waals surface area (Å²) in [6.45, 7) is 2.44. The van der Waals surface area contributed by atoms with E-state index in [9.17, 15) is 8.42 Å². The number of benzene rings is 2. The lowest BCUT2D eigenvalue weighted by molar-refractivity contribution is 0.177. The molecule has 0 N–H and O–H groups in total. The number of rotatable bonds is 5. The van der Waals surface area contributed by atoms with Gasteiger partial charge in [-0.25, -0.2) is 8.42 Å². The van der Waals surface area contributed by atoms with E-state index in [1.54, 1.807) is 35.0 Å². The Balaban J connectivity index is 1.42. The highest BCUT2D eigenvalue weighted by Crippen LogP contribution is 2.21. The maximum Gasteiger partial charge on any atom is 0.243 e. The van der Waals surface area contributed by atoms with Gasteiger partial charge < -0.3 is 0 Å². The van der Waals surface area contributed by atoms with Crippen LogP contribution in [0.2, 0.25) is 10.0 Å². The Morgan fingerprint density at radius 1 is 0.931 bits per heavy atom. The summed E-state index contributed by atoms with van der Waals surface area (Å²) in [5.41, 5.74) is 0.816. The molecule has 1 aromatic heterocycles. The van der Waals surface area contributed by atoms with E-state index in [2.05, 4.69) is 20.4 Å². The van der Waals surface area contributed by atoms with Crippen molar-refractivity contribution in [3.8, 4) is 5.69 Å². The van der Waals surface area contributed by atoms with Gasteiger partial charge in [0, 0.05) is 36.2 Å². The standard InChI is InChI=1S/C18H18Cl2N6O2S/c19-14-4-6-16(7-5-14)26-18(21-22-23-26)13-24-8-10-25(11-9-24)29(27,28)17-3-1-2-15(20)12-17/h1-7,12H,8-11,13H2. The van der Waals surface area contributed by atoms with Crippen molar-refractivity contribution in [1.29, 1.82) is 0 Å². The Hall–Kier alpha value is -2.04. The molecule has 4 rings (SSSR count). The van der Waals surface area contributed by atoms with E-state index in [1.807, 2.05) is 12.1 Å². The fraction of sp³-hybridized carbons (Fsp3) is 0.278. The average molecular weight is 453 g/mol. The summed E-state index contributed by atoms with van der Waals surface area (Å²) in [7, 11) is -3.56. The smallest absolute Gasteiger partial charge is 0.243 e. The van der Waals surface area contributed by atoms with E-state index in [0.717, 1.165) is 5.69 Å². The SMILES string of the molecule is O=S(=O)(c1cccc(Cl)c1)N1CCN(Cc2nnnn2-c2ccc(Cl)cc2)CC1. The number of piperazine rings is 1. The Morgan fingerprint density at radius 2 is 1.66 bits per heavy atom. The molecule has 0 spiro atoms. The van der Waals surface area contributed by atoms with E-state index in [1.165, 1.54) is 10.4 Å². The number of tetrazole rings is 1. The molecule has 8 nitrogen and oxygen atoms in total. The van der Waals surface area contributed by atoms with Gasteiger partial charge >= 0.3 is 0 Å². The second-order valence-electron chi connectivity index (χ2n) is 6.62. The third-order valence-electron chi connectivity index (χ3n) is 4.74. The second kappa shape index (κ2) is 8.37. The molecule has 2 heterocycles. The van der Waals surface area contributed by atoms with E-state index in [4.69, 9.17) is 23.2 Å². The maximum absolute atomic E-state index is 12.8. The fourth-order valence-electron chi connectivity index (χ4n) is 3.19. The molecule has 3 aromatic rings. The number of aromatic nitrogens is 4. The molecular formula is C18H18Cl2N6O2S. The van der Waals surface area contributed by atoms with Gasteiger partial charge in [0.15, 0.2) is 5.82 Å². The predicted octanol–water partition coefficient (Wildman–Crippen LogP) is 2.48. The zero-order chi connectivity index (χ0) is 20.4. The first-order valence-corrected chi connectivity index (χ1v) is 11.1. The lowest BCUT2D eigenvalue weighted by Gasteiger charge is -2.33. The van der Waals surface area contributed by atoms with Crippen molar-refractivity contribution in [3.05, 3.63) is 64.4 Å². The largest absolute Gasteiger partial charge is 0.293 e. The van der Waals surface area contributed by atoms with Crippen LogP contribution in [-0.2, 0) is 16.6 Å². The van der Waals surface area contributed by atoms with Crippen molar-refractivity contribution in [3.63, 3.8) is 0 Å². The third kappa shape index (κ3) is 4.44. The molecule has 0 atom stereocenters. The predicted molar refractivity (Wildman–Crippen MR) is 110 cm³/mol. The van der Waals surface area contributed by atoms with Gasteiger partial charge in [-0.05, 0) is 52.9 Å². The first-order valence-electron chi connectivity index (χ1n) is 8.95. The van der Waals surface area contributed by atoms with Crippen molar-refractivity contribution in [1.82, 2.24) is 29.4 Å². The van der Waals surface area contributed by atoms with Gasteiger partial charge in [0.2, 0.25) is 10.0 Å². The molecule has 0 aliphatic carbocycles. The minimum absolute atomic E-state index is 0.213. The minimum atomic E-state index is -3.56. The highest BCUT2D eigenvalue weighted by Gasteiger charge is 2.29. The Kier molecular flexibility index (Phi) is 5.84. The summed E-state index contributed by atoms with van der Waals surface area (Å²) in [5, 5.41) is 13.0. The number of nitrogens with zero attached hydrogens (tertiary/aromatic N) is 6. The number of halogens is 2. The summed E-state index contributed by atoms with van der Waals surface area (Å²) >= 11 is 11.9. The van der Waals surface area contributed by atoms with Crippen LogP contribution >= 0.6 is 23.2 Å². The van der Waals surface area contributed by atoms with Gasteiger partial charge in [-0.15, -0.1) is 5.10 Å². The fourth-order valence-corrected chi connectivity index (χ4v) is 5.04. The molecule has 2 aromatic carbocycles. The van der Waals surface area contributed by atoms with Crippen LogP contribution in [0.25, 0.3) is 5.69 Å². The molecule has 0 saturated carbocycles. The van der Waals surface area contributed by atoms with Gasteiger partial charge in [-0.3, -0.25) is 4.90 Å². The minimum Gasteiger partial charge on any atom is -0.293 e. The van der Waals surface area contributed by atoms with Crippen molar-refractivity contribution in [2.45, 2.75) is 11.4 Å². The van der Waals surface area contributed by atoms with Crippen LogP contribution < -0.4 is 0 Å². The van der Waals surface area contributed by atoms with Crippen LogP contribution in [0.15, 0.2) is 53.4 Å². The van der Waals surface area contributed by atoms with Crippen LogP contribution in [0, 0.1) is 0 Å². The molecule has 29 heavy (non-hydrogen) atoms. The van der Waals surface area contributed by atoms with E-state index < -0.39 is 10.0 Å². The van der Waals surface area contributed by atoms with E-state index >= 15 is 0 Å². The molecule has 1 saturated heterocycles. The molecule has 0 amide bonds. The van der Waals surface area contributed by atoms with Gasteiger partial charge in [-0.2, -0.15) is 8.99 Å². The molecule has 11 heteroatoms. The first kappa shape index (κ1) is 20.2. The summed E-state index contributed by atoms with van der Waals surface area (Å²) in [6.07, 6.45) is 0. The summed E-state index contributed by atoms with van der Waals surface area (Å²) in [5.74, 6) is 0.679. The van der Waals surface area contributed by atoms with Crippen LogP contribution in [0.1, 0.15) is 5.82 Å². The van der Waals surface area contributed by atoms with E-state index in [0.29, 0.717) is 48.6 Å². The van der Waals surface area contributed by atoms with Gasteiger partial charge in [0.25, 0.3) is 0 Å². The molecule has 0 radical (unpaired) electrons. The maximum atomic E-state index is 12.8. The summed E-state index contributed by atoms with van der Waals surface area (Å²) < 4.78 is 28.8. The van der Waals surface area contributed by atoms with Gasteiger partial charge in [-0.1, -0.05) is 29.3 Å². The molecular weight excluding hydrogens is 435 g/mol. The van der Waals surface area contributed by atoms with Crippen molar-refractivity contribution in [2.24, 2.45) is 0 Å². The van der Waals surface area contributed by atoms with Crippen molar-refractivity contribution in [2.75, 3.05) is 26.2 Å². The lowest BCUT2D eigenvalue weighted by atomic mass is 10.3. The Bertz CT molecular complexity index is 1100. The van der Waals surface area contributed by atoms with Crippen LogP contribution in [-0.4, -0.2) is 64.0 Å². The van der Waals surface area contributed by atoms with Crippen molar-refractivity contribution >= 4 is 33.2 Å². The molecule has 152 valence electrons. The molecule has 1 fully saturated rings. The molecule has 1 aliphatic heterocycles. The average Bonchev–Trinajstić information content (AvgIpc) is 3.17. The normalized spacial score (nSPS) is 16.2. The quantitative estimate of drug-likeness (QED) is 0.590. The van der Waals surface area contributed by atoms with Gasteiger partial charge in [0.1, 0.15) is 0 Å². The number of hydrogen-bond acceptors (Lipinski definition) is 6. The third-order valence-corrected chi connectivity index (χ3v) is 7.12. The lowest BCUT2D eigenvalue weighted by Crippen LogP contribution is -2.48. The van der Waals surface area contributed by atoms with Gasteiger partial charge in [0.05, 0.1) is 17.1 Å².